The molecule has 0 saturated heterocycles. The predicted octanol–water partition coefficient (Wildman–Crippen LogP) is 1.75. The van der Waals surface area contributed by atoms with Crippen LogP contribution in [0.15, 0.2) is 0 Å². The standard InChI is InChI=1S/C5H4INO2S/c1-2-7-3(5(8)9)4(6)10-2/h1H3,(H,8,9). The van der Waals surface area contributed by atoms with E-state index >= 15 is 0 Å². The summed E-state index contributed by atoms with van der Waals surface area (Å²) in [5.74, 6) is -0.950. The smallest absolute Gasteiger partial charge is 0.356 e. The summed E-state index contributed by atoms with van der Waals surface area (Å²) in [6.07, 6.45) is 0. The minimum Gasteiger partial charge on any atom is -0.476 e. The molecule has 0 amide bonds. The molecule has 0 bridgehead atoms. The highest BCUT2D eigenvalue weighted by atomic mass is 127. The van der Waals surface area contributed by atoms with Gasteiger partial charge in [0.15, 0.2) is 5.69 Å². The van der Waals surface area contributed by atoms with Gasteiger partial charge in [0.1, 0.15) is 2.88 Å². The summed E-state index contributed by atoms with van der Waals surface area (Å²) in [6.45, 7) is 1.79. The molecule has 10 heavy (non-hydrogen) atoms. The van der Waals surface area contributed by atoms with Gasteiger partial charge in [-0.1, -0.05) is 0 Å². The molecule has 1 aromatic rings. The highest BCUT2D eigenvalue weighted by Gasteiger charge is 2.12. The fourth-order valence-electron chi connectivity index (χ4n) is 0.534. The van der Waals surface area contributed by atoms with Gasteiger partial charge in [0.25, 0.3) is 0 Å². The average Bonchev–Trinajstić information content (AvgIpc) is 2.10. The summed E-state index contributed by atoms with van der Waals surface area (Å²) in [7, 11) is 0. The van der Waals surface area contributed by atoms with Gasteiger partial charge in [-0.25, -0.2) is 9.78 Å². The van der Waals surface area contributed by atoms with Gasteiger partial charge >= 0.3 is 5.97 Å². The van der Waals surface area contributed by atoms with E-state index in [9.17, 15) is 4.79 Å². The number of carboxylic acids is 1. The van der Waals surface area contributed by atoms with Gasteiger partial charge in [-0.3, -0.25) is 0 Å². The molecule has 54 valence electrons. The van der Waals surface area contributed by atoms with Crippen molar-refractivity contribution >= 4 is 39.9 Å². The minimum atomic E-state index is -0.950. The Balaban J connectivity index is 3.15. The lowest BCUT2D eigenvalue weighted by Crippen LogP contribution is -1.98. The second-order valence-electron chi connectivity index (χ2n) is 1.66. The van der Waals surface area contributed by atoms with Crippen molar-refractivity contribution in [3.8, 4) is 0 Å². The van der Waals surface area contributed by atoms with Crippen molar-refractivity contribution in [2.75, 3.05) is 0 Å². The summed E-state index contributed by atoms with van der Waals surface area (Å²) in [6, 6.07) is 0. The summed E-state index contributed by atoms with van der Waals surface area (Å²) >= 11 is 3.36. The Labute approximate surface area is 75.2 Å². The van der Waals surface area contributed by atoms with Crippen molar-refractivity contribution in [3.05, 3.63) is 13.6 Å². The van der Waals surface area contributed by atoms with Crippen LogP contribution < -0.4 is 0 Å². The van der Waals surface area contributed by atoms with Gasteiger partial charge in [-0.05, 0) is 29.5 Å². The molecule has 3 nitrogen and oxygen atoms in total. The van der Waals surface area contributed by atoms with Crippen LogP contribution in [-0.2, 0) is 0 Å². The maximum absolute atomic E-state index is 10.4. The number of hydrogen-bond acceptors (Lipinski definition) is 3. The maximum atomic E-state index is 10.4. The summed E-state index contributed by atoms with van der Waals surface area (Å²) < 4.78 is 0.739. The lowest BCUT2D eigenvalue weighted by molar-refractivity contribution is 0.0690. The zero-order chi connectivity index (χ0) is 7.72. The van der Waals surface area contributed by atoms with Crippen molar-refractivity contribution in [3.63, 3.8) is 0 Å². The van der Waals surface area contributed by atoms with Gasteiger partial charge in [-0.2, -0.15) is 0 Å². The average molecular weight is 269 g/mol. The van der Waals surface area contributed by atoms with Gasteiger partial charge in [0.05, 0.1) is 5.01 Å². The summed E-state index contributed by atoms with van der Waals surface area (Å²) in [5.41, 5.74) is 0.170. The predicted molar refractivity (Wildman–Crippen MR) is 46.5 cm³/mol. The zero-order valence-electron chi connectivity index (χ0n) is 5.09. The molecule has 1 aromatic heterocycles. The molecule has 0 spiro atoms. The number of rotatable bonds is 1. The van der Waals surface area contributed by atoms with Crippen LogP contribution in [0, 0.1) is 9.81 Å². The Kier molecular flexibility index (Phi) is 2.24. The summed E-state index contributed by atoms with van der Waals surface area (Å²) in [4.78, 5) is 14.2. The molecule has 0 unspecified atom stereocenters. The third kappa shape index (κ3) is 1.46. The van der Waals surface area contributed by atoms with Gasteiger partial charge in [0.2, 0.25) is 0 Å². The molecule has 0 atom stereocenters. The van der Waals surface area contributed by atoms with Crippen LogP contribution in [0.2, 0.25) is 0 Å². The van der Waals surface area contributed by atoms with Crippen molar-refractivity contribution in [2.45, 2.75) is 6.92 Å². The number of aryl methyl sites for hydroxylation is 1. The second kappa shape index (κ2) is 2.83. The molecule has 0 aliphatic carbocycles. The Morgan fingerprint density at radius 3 is 2.60 bits per heavy atom. The van der Waals surface area contributed by atoms with E-state index in [1.807, 2.05) is 22.6 Å². The van der Waals surface area contributed by atoms with Crippen molar-refractivity contribution in [1.82, 2.24) is 4.98 Å². The molecule has 0 radical (unpaired) electrons. The number of aromatic carboxylic acids is 1. The number of halogens is 1. The number of hydrogen-bond donors (Lipinski definition) is 1. The van der Waals surface area contributed by atoms with Crippen LogP contribution in [0.5, 0.6) is 0 Å². The topological polar surface area (TPSA) is 50.2 Å². The molecule has 1 rings (SSSR count). The molecule has 0 fully saturated rings. The minimum absolute atomic E-state index is 0.170. The van der Waals surface area contributed by atoms with E-state index in [1.54, 1.807) is 6.92 Å². The molecule has 1 N–H and O–H groups in total. The molecular weight excluding hydrogens is 265 g/mol. The van der Waals surface area contributed by atoms with E-state index in [0.29, 0.717) is 0 Å². The van der Waals surface area contributed by atoms with Crippen molar-refractivity contribution in [2.24, 2.45) is 0 Å². The summed E-state index contributed by atoms with van der Waals surface area (Å²) in [5, 5.41) is 9.31. The molecule has 0 aliphatic heterocycles. The first kappa shape index (κ1) is 7.93. The first-order chi connectivity index (χ1) is 4.61. The quantitative estimate of drug-likeness (QED) is 0.790. The fraction of sp³-hybridized carbons (Fsp3) is 0.200. The lowest BCUT2D eigenvalue weighted by Gasteiger charge is -1.83. The maximum Gasteiger partial charge on any atom is 0.356 e. The molecule has 5 heteroatoms. The van der Waals surface area contributed by atoms with E-state index in [0.717, 1.165) is 7.89 Å². The number of carbonyl (C=O) groups is 1. The third-order valence-corrected chi connectivity index (χ3v) is 2.83. The van der Waals surface area contributed by atoms with Gasteiger partial charge < -0.3 is 5.11 Å². The monoisotopic (exact) mass is 269 g/mol. The van der Waals surface area contributed by atoms with E-state index in [-0.39, 0.29) is 5.69 Å². The molecule has 0 aliphatic rings. The number of carboxylic acid groups (broad SMARTS) is 1. The molecule has 0 aromatic carbocycles. The zero-order valence-corrected chi connectivity index (χ0v) is 8.06. The molecule has 0 saturated carbocycles. The van der Waals surface area contributed by atoms with Crippen LogP contribution in [0.1, 0.15) is 15.5 Å². The normalized spacial score (nSPS) is 9.80. The van der Waals surface area contributed by atoms with E-state index in [2.05, 4.69) is 4.98 Å². The number of nitrogens with zero attached hydrogens (tertiary/aromatic N) is 1. The third-order valence-electron chi connectivity index (χ3n) is 0.895. The van der Waals surface area contributed by atoms with Crippen molar-refractivity contribution in [1.29, 1.82) is 0 Å². The van der Waals surface area contributed by atoms with Crippen LogP contribution >= 0.6 is 33.9 Å². The highest BCUT2D eigenvalue weighted by molar-refractivity contribution is 14.1. The lowest BCUT2D eigenvalue weighted by atomic mass is 10.5. The Morgan fingerprint density at radius 2 is 2.40 bits per heavy atom. The largest absolute Gasteiger partial charge is 0.476 e. The Bertz CT molecular complexity index is 271. The van der Waals surface area contributed by atoms with Crippen LogP contribution in [0.4, 0.5) is 0 Å². The van der Waals surface area contributed by atoms with Crippen LogP contribution in [0.3, 0.4) is 0 Å². The Morgan fingerprint density at radius 1 is 1.80 bits per heavy atom. The van der Waals surface area contributed by atoms with Crippen LogP contribution in [-0.4, -0.2) is 16.1 Å². The van der Waals surface area contributed by atoms with Crippen molar-refractivity contribution < 1.29 is 9.90 Å². The Hall–Kier alpha value is -0.170. The molecule has 1 heterocycles. The molecular formula is C5H4INO2S. The number of thiazole rings is 1. The first-order valence-electron chi connectivity index (χ1n) is 2.47. The van der Waals surface area contributed by atoms with Crippen LogP contribution in [0.25, 0.3) is 0 Å². The fourth-order valence-corrected chi connectivity index (χ4v) is 2.47. The van der Waals surface area contributed by atoms with E-state index < -0.39 is 5.97 Å². The number of aromatic nitrogens is 1. The van der Waals surface area contributed by atoms with Gasteiger partial charge in [-0.15, -0.1) is 11.3 Å². The van der Waals surface area contributed by atoms with E-state index in [4.69, 9.17) is 5.11 Å². The van der Waals surface area contributed by atoms with E-state index in [1.165, 1.54) is 11.3 Å². The first-order valence-corrected chi connectivity index (χ1v) is 4.37. The highest BCUT2D eigenvalue weighted by Crippen LogP contribution is 2.19. The van der Waals surface area contributed by atoms with Gasteiger partial charge in [0, 0.05) is 0 Å². The SMILES string of the molecule is Cc1nc(C(=O)O)c(I)s1. The second-order valence-corrected chi connectivity index (χ2v) is 4.67.